The molecule has 2 heterocycles. The van der Waals surface area contributed by atoms with E-state index in [-0.39, 0.29) is 11.3 Å². The number of halogens is 2. The number of likely N-dealkylation sites (tertiary alicyclic amines) is 1. The first-order valence-corrected chi connectivity index (χ1v) is 4.36. The maximum absolute atomic E-state index is 12.5. The van der Waals surface area contributed by atoms with E-state index in [2.05, 4.69) is 4.98 Å². The fourth-order valence-corrected chi connectivity index (χ4v) is 1.41. The molecular weight excluding hydrogens is 204 g/mol. The Morgan fingerprint density at radius 1 is 1.53 bits per heavy atom. The third-order valence-corrected chi connectivity index (χ3v) is 2.22. The topological polar surface area (TPSA) is 59.2 Å². The van der Waals surface area contributed by atoms with Gasteiger partial charge in [0.1, 0.15) is 0 Å². The Hall–Kier alpha value is -1.72. The predicted molar refractivity (Wildman–Crippen MR) is 49.5 cm³/mol. The monoisotopic (exact) mass is 213 g/mol. The van der Waals surface area contributed by atoms with E-state index in [0.717, 1.165) is 4.90 Å². The number of nitrogens with zero attached hydrogens (tertiary/aromatic N) is 2. The third-order valence-electron chi connectivity index (χ3n) is 2.22. The van der Waals surface area contributed by atoms with Crippen LogP contribution in [0.5, 0.6) is 0 Å². The van der Waals surface area contributed by atoms with Crippen molar-refractivity contribution in [2.75, 3.05) is 18.8 Å². The fraction of sp³-hybridized carbons (Fsp3) is 0.333. The molecule has 1 aromatic rings. The number of hydrogen-bond donors (Lipinski definition) is 1. The van der Waals surface area contributed by atoms with Crippen molar-refractivity contribution in [1.29, 1.82) is 0 Å². The minimum Gasteiger partial charge on any atom is -0.398 e. The number of pyridine rings is 1. The normalized spacial score (nSPS) is 18.4. The van der Waals surface area contributed by atoms with Crippen LogP contribution in [-0.2, 0) is 0 Å². The predicted octanol–water partition coefficient (Wildman–Crippen LogP) is 0.755. The number of carbonyl (C=O) groups excluding carboxylic acids is 1. The molecule has 0 bridgehead atoms. The third kappa shape index (κ3) is 1.74. The number of amides is 1. The van der Waals surface area contributed by atoms with E-state index < -0.39 is 24.9 Å². The van der Waals surface area contributed by atoms with Crippen LogP contribution >= 0.6 is 0 Å². The molecule has 4 nitrogen and oxygen atoms in total. The standard InChI is InChI=1S/C9H9F2N3O/c10-9(11)4-14(5-9)8(15)6-3-13-2-1-7(6)12/h1-3H,4-5H2,(H2,12,13). The van der Waals surface area contributed by atoms with Crippen LogP contribution in [-0.4, -0.2) is 34.8 Å². The van der Waals surface area contributed by atoms with E-state index in [1.807, 2.05) is 0 Å². The summed E-state index contributed by atoms with van der Waals surface area (Å²) in [6.07, 6.45) is 2.73. The molecule has 80 valence electrons. The number of nitrogen functional groups attached to an aromatic ring is 1. The fourth-order valence-electron chi connectivity index (χ4n) is 1.41. The highest BCUT2D eigenvalue weighted by Gasteiger charge is 2.46. The molecule has 0 radical (unpaired) electrons. The highest BCUT2D eigenvalue weighted by molar-refractivity contribution is 5.99. The molecule has 0 atom stereocenters. The molecule has 1 aliphatic heterocycles. The molecule has 1 fully saturated rings. The van der Waals surface area contributed by atoms with Crippen molar-refractivity contribution in [3.8, 4) is 0 Å². The minimum atomic E-state index is -2.76. The van der Waals surface area contributed by atoms with Gasteiger partial charge in [0.2, 0.25) is 0 Å². The Bertz CT molecular complexity index is 400. The smallest absolute Gasteiger partial charge is 0.282 e. The second-order valence-electron chi connectivity index (χ2n) is 3.48. The van der Waals surface area contributed by atoms with Gasteiger partial charge in [0.05, 0.1) is 18.7 Å². The summed E-state index contributed by atoms with van der Waals surface area (Å²) in [5, 5.41) is 0. The van der Waals surface area contributed by atoms with Gasteiger partial charge in [-0.2, -0.15) is 0 Å². The average Bonchev–Trinajstić information content (AvgIpc) is 2.14. The Balaban J connectivity index is 2.14. The summed E-state index contributed by atoms with van der Waals surface area (Å²) in [7, 11) is 0. The number of alkyl halides is 2. The lowest BCUT2D eigenvalue weighted by Gasteiger charge is -2.38. The van der Waals surface area contributed by atoms with Crippen LogP contribution < -0.4 is 5.73 Å². The largest absolute Gasteiger partial charge is 0.398 e. The number of hydrogen-bond acceptors (Lipinski definition) is 3. The van der Waals surface area contributed by atoms with E-state index in [4.69, 9.17) is 5.73 Å². The minimum absolute atomic E-state index is 0.174. The summed E-state index contributed by atoms with van der Waals surface area (Å²) in [5.41, 5.74) is 5.96. The van der Waals surface area contributed by atoms with Gasteiger partial charge in [0, 0.05) is 18.1 Å². The van der Waals surface area contributed by atoms with Gasteiger partial charge >= 0.3 is 0 Å². The first-order valence-electron chi connectivity index (χ1n) is 4.36. The number of rotatable bonds is 1. The second-order valence-corrected chi connectivity index (χ2v) is 3.48. The Morgan fingerprint density at radius 2 is 2.20 bits per heavy atom. The van der Waals surface area contributed by atoms with E-state index in [9.17, 15) is 13.6 Å². The molecule has 1 saturated heterocycles. The van der Waals surface area contributed by atoms with Crippen molar-refractivity contribution in [3.05, 3.63) is 24.0 Å². The molecule has 1 aliphatic rings. The molecule has 2 rings (SSSR count). The van der Waals surface area contributed by atoms with Crippen LogP contribution in [0.15, 0.2) is 18.5 Å². The van der Waals surface area contributed by atoms with Gasteiger partial charge in [0.25, 0.3) is 11.8 Å². The summed E-state index contributed by atoms with van der Waals surface area (Å²) < 4.78 is 25.0. The Labute approximate surface area is 84.7 Å². The molecule has 1 amide bonds. The average molecular weight is 213 g/mol. The molecule has 0 saturated carbocycles. The van der Waals surface area contributed by atoms with Crippen molar-refractivity contribution in [1.82, 2.24) is 9.88 Å². The van der Waals surface area contributed by atoms with Crippen LogP contribution in [0.3, 0.4) is 0 Å². The SMILES string of the molecule is Nc1ccncc1C(=O)N1CC(F)(F)C1. The van der Waals surface area contributed by atoms with E-state index in [1.54, 1.807) is 0 Å². The van der Waals surface area contributed by atoms with Crippen LogP contribution in [0.1, 0.15) is 10.4 Å². The van der Waals surface area contributed by atoms with Gasteiger partial charge in [-0.15, -0.1) is 0 Å². The Morgan fingerprint density at radius 3 is 2.73 bits per heavy atom. The molecule has 0 spiro atoms. The second kappa shape index (κ2) is 3.15. The number of aromatic nitrogens is 1. The number of nitrogens with two attached hydrogens (primary N) is 1. The number of carbonyl (C=O) groups is 1. The van der Waals surface area contributed by atoms with Gasteiger partial charge < -0.3 is 10.6 Å². The highest BCUT2D eigenvalue weighted by Crippen LogP contribution is 2.28. The van der Waals surface area contributed by atoms with E-state index in [1.165, 1.54) is 18.5 Å². The molecule has 0 aliphatic carbocycles. The van der Waals surface area contributed by atoms with Crippen molar-refractivity contribution in [2.45, 2.75) is 5.92 Å². The van der Waals surface area contributed by atoms with Gasteiger partial charge in [-0.1, -0.05) is 0 Å². The maximum Gasteiger partial charge on any atom is 0.282 e. The lowest BCUT2D eigenvalue weighted by Crippen LogP contribution is -2.58. The molecule has 1 aromatic heterocycles. The summed E-state index contributed by atoms with van der Waals surface area (Å²) in [5.74, 6) is -3.25. The first-order chi connectivity index (χ1) is 6.99. The molecule has 15 heavy (non-hydrogen) atoms. The maximum atomic E-state index is 12.5. The van der Waals surface area contributed by atoms with Crippen LogP contribution in [0.2, 0.25) is 0 Å². The zero-order valence-corrected chi connectivity index (χ0v) is 7.78. The summed E-state index contributed by atoms with van der Waals surface area (Å²) in [6, 6.07) is 1.46. The van der Waals surface area contributed by atoms with Crippen LogP contribution in [0.4, 0.5) is 14.5 Å². The lowest BCUT2D eigenvalue weighted by atomic mass is 10.1. The highest BCUT2D eigenvalue weighted by atomic mass is 19.3. The lowest BCUT2D eigenvalue weighted by molar-refractivity contribution is -0.113. The van der Waals surface area contributed by atoms with Gasteiger partial charge in [-0.3, -0.25) is 9.78 Å². The molecule has 0 unspecified atom stereocenters. The van der Waals surface area contributed by atoms with Gasteiger partial charge in [-0.25, -0.2) is 8.78 Å². The molecule has 0 aromatic carbocycles. The van der Waals surface area contributed by atoms with Crippen molar-refractivity contribution in [2.24, 2.45) is 0 Å². The molecule has 2 N–H and O–H groups in total. The zero-order chi connectivity index (χ0) is 11.1. The van der Waals surface area contributed by atoms with Crippen LogP contribution in [0, 0.1) is 0 Å². The number of anilines is 1. The summed E-state index contributed by atoms with van der Waals surface area (Å²) in [6.45, 7) is -1.08. The van der Waals surface area contributed by atoms with Crippen molar-refractivity contribution >= 4 is 11.6 Å². The van der Waals surface area contributed by atoms with Crippen molar-refractivity contribution in [3.63, 3.8) is 0 Å². The van der Waals surface area contributed by atoms with E-state index >= 15 is 0 Å². The first kappa shape index (κ1) is 9.82. The Kier molecular flexibility index (Phi) is 2.06. The van der Waals surface area contributed by atoms with Gasteiger partial charge in [-0.05, 0) is 6.07 Å². The zero-order valence-electron chi connectivity index (χ0n) is 7.78. The summed E-state index contributed by atoms with van der Waals surface area (Å²) >= 11 is 0. The van der Waals surface area contributed by atoms with Gasteiger partial charge in [0.15, 0.2) is 0 Å². The molecule has 6 heteroatoms. The quantitative estimate of drug-likeness (QED) is 0.749. The van der Waals surface area contributed by atoms with Crippen molar-refractivity contribution < 1.29 is 13.6 Å². The molecular formula is C9H9F2N3O. The van der Waals surface area contributed by atoms with E-state index in [0.29, 0.717) is 0 Å². The van der Waals surface area contributed by atoms with Crippen LogP contribution in [0.25, 0.3) is 0 Å². The summed E-state index contributed by atoms with van der Waals surface area (Å²) in [4.78, 5) is 16.4.